The van der Waals surface area contributed by atoms with Crippen LogP contribution in [0.5, 0.6) is 0 Å². The maximum atomic E-state index is 5.37. The standard InChI is InChI=1S/C47H36N4/c1-47(34-25-26-44-38(29-34)36-21-11-13-23-42(36)50(44)35-19-9-4-10-20-35)28-27-45-39(31-47)37-22-12-14-24-43(37)51(45)46-48-40(32-15-5-2-6-16-32)30-41(49-46)33-17-7-3-8-18-33/h2-30,46,48H,31H2,1H3. The third-order valence-electron chi connectivity index (χ3n) is 10.8. The van der Waals surface area contributed by atoms with Crippen LogP contribution in [0.4, 0.5) is 0 Å². The summed E-state index contributed by atoms with van der Waals surface area (Å²) in [6.45, 7) is 2.39. The van der Waals surface area contributed by atoms with Crippen LogP contribution < -0.4 is 5.32 Å². The van der Waals surface area contributed by atoms with Gasteiger partial charge in [-0.25, -0.2) is 4.99 Å². The number of benzene rings is 6. The molecule has 1 aliphatic carbocycles. The molecule has 1 aliphatic heterocycles. The van der Waals surface area contributed by atoms with Gasteiger partial charge in [0, 0.05) is 38.7 Å². The molecule has 0 bridgehead atoms. The first-order valence-electron chi connectivity index (χ1n) is 17.7. The lowest BCUT2D eigenvalue weighted by molar-refractivity contribution is 0.487. The van der Waals surface area contributed by atoms with Crippen LogP contribution in [0.1, 0.15) is 41.2 Å². The highest BCUT2D eigenvalue weighted by atomic mass is 15.3. The van der Waals surface area contributed by atoms with Crippen molar-refractivity contribution in [3.8, 4) is 5.69 Å². The van der Waals surface area contributed by atoms with Crippen molar-refractivity contribution in [3.63, 3.8) is 0 Å². The summed E-state index contributed by atoms with van der Waals surface area (Å²) in [6, 6.07) is 56.4. The van der Waals surface area contributed by atoms with Gasteiger partial charge in [0.1, 0.15) is 0 Å². The summed E-state index contributed by atoms with van der Waals surface area (Å²) in [5, 5.41) is 7.65. The van der Waals surface area contributed by atoms with Crippen LogP contribution in [0, 0.1) is 0 Å². The zero-order valence-corrected chi connectivity index (χ0v) is 28.4. The summed E-state index contributed by atoms with van der Waals surface area (Å²) < 4.78 is 4.79. The summed E-state index contributed by atoms with van der Waals surface area (Å²) in [4.78, 5) is 5.37. The van der Waals surface area contributed by atoms with Crippen molar-refractivity contribution in [2.45, 2.75) is 25.0 Å². The van der Waals surface area contributed by atoms with Crippen LogP contribution >= 0.6 is 0 Å². The number of aromatic nitrogens is 2. The zero-order chi connectivity index (χ0) is 33.9. The Morgan fingerprint density at radius 3 is 2.02 bits per heavy atom. The molecule has 51 heavy (non-hydrogen) atoms. The highest BCUT2D eigenvalue weighted by Crippen LogP contribution is 2.44. The molecule has 8 aromatic rings. The molecule has 2 aromatic heterocycles. The van der Waals surface area contributed by atoms with Crippen LogP contribution in [-0.4, -0.2) is 14.8 Å². The van der Waals surface area contributed by atoms with Gasteiger partial charge in [-0.1, -0.05) is 134 Å². The van der Waals surface area contributed by atoms with Crippen molar-refractivity contribution in [1.82, 2.24) is 14.5 Å². The fraction of sp³-hybridized carbons (Fsp3) is 0.0851. The van der Waals surface area contributed by atoms with E-state index < -0.39 is 0 Å². The summed E-state index contributed by atoms with van der Waals surface area (Å²) in [5.41, 5.74) is 12.8. The van der Waals surface area contributed by atoms with E-state index in [9.17, 15) is 0 Å². The van der Waals surface area contributed by atoms with Gasteiger partial charge in [-0.3, -0.25) is 0 Å². The lowest BCUT2D eigenvalue weighted by atomic mass is 9.73. The smallest absolute Gasteiger partial charge is 0.201 e. The van der Waals surface area contributed by atoms with E-state index in [4.69, 9.17) is 4.99 Å². The number of hydrogen-bond donors (Lipinski definition) is 1. The predicted molar refractivity (Wildman–Crippen MR) is 212 cm³/mol. The number of hydrogen-bond acceptors (Lipinski definition) is 2. The number of allylic oxidation sites excluding steroid dienone is 2. The molecule has 0 saturated heterocycles. The van der Waals surface area contributed by atoms with Crippen molar-refractivity contribution >= 4 is 50.2 Å². The Morgan fingerprint density at radius 1 is 0.627 bits per heavy atom. The van der Waals surface area contributed by atoms with E-state index in [-0.39, 0.29) is 11.7 Å². The Morgan fingerprint density at radius 2 is 1.25 bits per heavy atom. The summed E-state index contributed by atoms with van der Waals surface area (Å²) in [5.74, 6) is 0. The molecule has 0 radical (unpaired) electrons. The van der Waals surface area contributed by atoms with Crippen molar-refractivity contribution in [3.05, 3.63) is 198 Å². The first kappa shape index (κ1) is 29.5. The molecule has 0 saturated carbocycles. The zero-order valence-electron chi connectivity index (χ0n) is 28.4. The van der Waals surface area contributed by atoms with Crippen LogP contribution in [-0.2, 0) is 11.8 Å². The highest BCUT2D eigenvalue weighted by molar-refractivity contribution is 6.13. The number of nitrogens with zero attached hydrogens (tertiary/aromatic N) is 3. The number of para-hydroxylation sites is 3. The first-order chi connectivity index (χ1) is 25.1. The number of rotatable bonds is 5. The average Bonchev–Trinajstić information content (AvgIpc) is 3.71. The number of nitrogens with one attached hydrogen (secondary N) is 1. The Labute approximate surface area is 297 Å². The first-order valence-corrected chi connectivity index (χ1v) is 17.7. The van der Waals surface area contributed by atoms with Gasteiger partial charge in [0.2, 0.25) is 6.29 Å². The van der Waals surface area contributed by atoms with E-state index in [0.717, 1.165) is 29.0 Å². The molecule has 1 N–H and O–H groups in total. The van der Waals surface area contributed by atoms with Gasteiger partial charge < -0.3 is 14.5 Å². The van der Waals surface area contributed by atoms with E-state index in [1.165, 1.54) is 55.2 Å². The number of aliphatic imine (C=N–C) groups is 1. The predicted octanol–water partition coefficient (Wildman–Crippen LogP) is 10.9. The monoisotopic (exact) mass is 656 g/mol. The van der Waals surface area contributed by atoms with Crippen molar-refractivity contribution in [2.24, 2.45) is 4.99 Å². The van der Waals surface area contributed by atoms with Crippen molar-refractivity contribution in [1.29, 1.82) is 0 Å². The van der Waals surface area contributed by atoms with Gasteiger partial charge in [0.25, 0.3) is 0 Å². The van der Waals surface area contributed by atoms with E-state index in [1.54, 1.807) is 0 Å². The normalized spacial score (nSPS) is 18.4. The van der Waals surface area contributed by atoms with Gasteiger partial charge in [0.05, 0.1) is 22.3 Å². The molecule has 2 aliphatic rings. The third-order valence-corrected chi connectivity index (χ3v) is 10.8. The Hall–Kier alpha value is -6.39. The minimum absolute atomic E-state index is 0.195. The molecule has 6 aromatic carbocycles. The highest BCUT2D eigenvalue weighted by Gasteiger charge is 2.34. The van der Waals surface area contributed by atoms with E-state index in [1.807, 2.05) is 0 Å². The fourth-order valence-corrected chi connectivity index (χ4v) is 8.25. The minimum Gasteiger partial charge on any atom is -0.346 e. The average molecular weight is 657 g/mol. The van der Waals surface area contributed by atoms with E-state index in [0.29, 0.717) is 0 Å². The van der Waals surface area contributed by atoms with Crippen molar-refractivity contribution < 1.29 is 0 Å². The van der Waals surface area contributed by atoms with Gasteiger partial charge in [-0.05, 0) is 77.2 Å². The molecule has 4 nitrogen and oxygen atoms in total. The van der Waals surface area contributed by atoms with Crippen LogP contribution in [0.25, 0.3) is 50.2 Å². The fourth-order valence-electron chi connectivity index (χ4n) is 8.25. The molecule has 3 heterocycles. The second-order valence-corrected chi connectivity index (χ2v) is 13.9. The SMILES string of the molecule is CC1(c2ccc3c(c2)c2ccccc2n3-c2ccccc2)C=Cc2c(c3ccccc3n2C2N=C(c3ccccc3)C=C(c3ccccc3)N2)C1. The molecule has 10 rings (SSSR count). The lowest BCUT2D eigenvalue weighted by Gasteiger charge is -2.32. The third kappa shape index (κ3) is 4.79. The Kier molecular flexibility index (Phi) is 6.72. The number of fused-ring (bicyclic) bond motifs is 6. The Balaban J connectivity index is 1.10. The van der Waals surface area contributed by atoms with Crippen LogP contribution in [0.3, 0.4) is 0 Å². The largest absolute Gasteiger partial charge is 0.346 e. The lowest BCUT2D eigenvalue weighted by Crippen LogP contribution is -2.31. The maximum Gasteiger partial charge on any atom is 0.201 e. The van der Waals surface area contributed by atoms with E-state index >= 15 is 0 Å². The van der Waals surface area contributed by atoms with Gasteiger partial charge >= 0.3 is 0 Å². The molecule has 0 amide bonds. The molecule has 2 atom stereocenters. The summed E-state index contributed by atoms with van der Waals surface area (Å²) >= 11 is 0. The van der Waals surface area contributed by atoms with Crippen molar-refractivity contribution in [2.75, 3.05) is 0 Å². The molecule has 4 heteroatoms. The molecule has 0 fully saturated rings. The second kappa shape index (κ2) is 11.6. The van der Waals surface area contributed by atoms with Gasteiger partial charge in [0.15, 0.2) is 0 Å². The topological polar surface area (TPSA) is 34.2 Å². The molecule has 244 valence electrons. The summed E-state index contributed by atoms with van der Waals surface area (Å²) in [7, 11) is 0. The molecule has 2 unspecified atom stereocenters. The maximum absolute atomic E-state index is 5.37. The van der Waals surface area contributed by atoms with Gasteiger partial charge in [-0.15, -0.1) is 0 Å². The summed E-state index contributed by atoms with van der Waals surface area (Å²) in [6.07, 6.45) is 7.51. The van der Waals surface area contributed by atoms with Gasteiger partial charge in [-0.2, -0.15) is 0 Å². The molecular weight excluding hydrogens is 621 g/mol. The Bertz CT molecular complexity index is 2690. The van der Waals surface area contributed by atoms with Crippen LogP contribution in [0.2, 0.25) is 0 Å². The minimum atomic E-state index is -0.316. The van der Waals surface area contributed by atoms with Crippen LogP contribution in [0.15, 0.2) is 175 Å². The van der Waals surface area contributed by atoms with E-state index in [2.05, 4.69) is 197 Å². The molecular formula is C47H36N4. The molecule has 0 spiro atoms. The second-order valence-electron chi connectivity index (χ2n) is 13.9. The quantitative estimate of drug-likeness (QED) is 0.197.